The van der Waals surface area contributed by atoms with E-state index < -0.39 is 0 Å². The van der Waals surface area contributed by atoms with Gasteiger partial charge in [-0.2, -0.15) is 0 Å². The summed E-state index contributed by atoms with van der Waals surface area (Å²) < 4.78 is 0. The van der Waals surface area contributed by atoms with Gasteiger partial charge in [0, 0.05) is 18.3 Å². The molecule has 1 aliphatic rings. The smallest absolute Gasteiger partial charge is 0.0398 e. The van der Waals surface area contributed by atoms with Crippen molar-refractivity contribution >= 4 is 5.69 Å². The first-order valence-corrected chi connectivity index (χ1v) is 6.13. The minimum Gasteiger partial charge on any atom is -0.381 e. The number of nitrogens with one attached hydrogen (secondary N) is 2. The summed E-state index contributed by atoms with van der Waals surface area (Å²) >= 11 is 0. The molecule has 1 aromatic rings. The highest BCUT2D eigenvalue weighted by Crippen LogP contribution is 2.23. The minimum atomic E-state index is 0.243. The van der Waals surface area contributed by atoms with Gasteiger partial charge >= 0.3 is 0 Å². The number of benzene rings is 1. The highest BCUT2D eigenvalue weighted by atomic mass is 15.0. The van der Waals surface area contributed by atoms with Crippen LogP contribution in [0.25, 0.3) is 0 Å². The van der Waals surface area contributed by atoms with Gasteiger partial charge in [0.25, 0.3) is 0 Å². The largest absolute Gasteiger partial charge is 0.381 e. The van der Waals surface area contributed by atoms with Crippen LogP contribution in [-0.2, 0) is 5.41 Å². The van der Waals surface area contributed by atoms with Gasteiger partial charge in [-0.3, -0.25) is 0 Å². The van der Waals surface area contributed by atoms with E-state index in [1.807, 2.05) is 0 Å². The van der Waals surface area contributed by atoms with Crippen molar-refractivity contribution in [3.05, 3.63) is 29.8 Å². The molecule has 2 N–H and O–H groups in total. The van der Waals surface area contributed by atoms with Gasteiger partial charge < -0.3 is 10.6 Å². The van der Waals surface area contributed by atoms with Crippen molar-refractivity contribution in [1.29, 1.82) is 0 Å². The first kappa shape index (κ1) is 11.5. The van der Waals surface area contributed by atoms with E-state index in [2.05, 4.69) is 55.7 Å². The molecule has 1 saturated heterocycles. The molecule has 1 fully saturated rings. The molecule has 0 spiro atoms. The van der Waals surface area contributed by atoms with E-state index in [9.17, 15) is 0 Å². The van der Waals surface area contributed by atoms with Crippen LogP contribution >= 0.6 is 0 Å². The molecule has 88 valence electrons. The molecule has 1 atom stereocenters. The van der Waals surface area contributed by atoms with Gasteiger partial charge in [-0.1, -0.05) is 32.9 Å². The second-order valence-electron chi connectivity index (χ2n) is 5.66. The molecule has 1 aromatic carbocycles. The Labute approximate surface area is 98.4 Å². The van der Waals surface area contributed by atoms with Crippen molar-refractivity contribution in [3.63, 3.8) is 0 Å². The van der Waals surface area contributed by atoms with Crippen LogP contribution in [0.1, 0.15) is 32.8 Å². The fourth-order valence-corrected chi connectivity index (χ4v) is 2.08. The summed E-state index contributed by atoms with van der Waals surface area (Å²) in [6, 6.07) is 9.44. The molecule has 0 aromatic heterocycles. The van der Waals surface area contributed by atoms with E-state index in [1.165, 1.54) is 17.7 Å². The van der Waals surface area contributed by atoms with Crippen LogP contribution in [-0.4, -0.2) is 19.1 Å². The predicted molar refractivity (Wildman–Crippen MR) is 70.0 cm³/mol. The Morgan fingerprint density at radius 1 is 1.19 bits per heavy atom. The fourth-order valence-electron chi connectivity index (χ4n) is 2.08. The lowest BCUT2D eigenvalue weighted by molar-refractivity contribution is 0.590. The van der Waals surface area contributed by atoms with E-state index >= 15 is 0 Å². The lowest BCUT2D eigenvalue weighted by Crippen LogP contribution is -2.22. The Morgan fingerprint density at radius 2 is 1.88 bits per heavy atom. The summed E-state index contributed by atoms with van der Waals surface area (Å²) in [5.74, 6) is 0. The molecule has 2 rings (SSSR count). The maximum Gasteiger partial charge on any atom is 0.0398 e. The Morgan fingerprint density at radius 3 is 2.38 bits per heavy atom. The maximum atomic E-state index is 3.56. The van der Waals surface area contributed by atoms with Crippen LogP contribution in [0, 0.1) is 0 Å². The average Bonchev–Trinajstić information content (AvgIpc) is 2.70. The number of hydrogen-bond acceptors (Lipinski definition) is 2. The molecule has 1 heterocycles. The highest BCUT2D eigenvalue weighted by Gasteiger charge is 2.15. The van der Waals surface area contributed by atoms with Crippen molar-refractivity contribution < 1.29 is 0 Å². The van der Waals surface area contributed by atoms with E-state index in [-0.39, 0.29) is 5.41 Å². The van der Waals surface area contributed by atoms with Gasteiger partial charge in [0.1, 0.15) is 0 Å². The van der Waals surface area contributed by atoms with E-state index in [0.29, 0.717) is 6.04 Å². The average molecular weight is 218 g/mol. The van der Waals surface area contributed by atoms with Crippen LogP contribution in [0.5, 0.6) is 0 Å². The zero-order valence-corrected chi connectivity index (χ0v) is 10.5. The fraction of sp³-hybridized carbons (Fsp3) is 0.571. The van der Waals surface area contributed by atoms with Gasteiger partial charge in [-0.25, -0.2) is 0 Å². The molecular weight excluding hydrogens is 196 g/mol. The van der Waals surface area contributed by atoms with Gasteiger partial charge in [0.2, 0.25) is 0 Å². The zero-order chi connectivity index (χ0) is 11.6. The third-order valence-corrected chi connectivity index (χ3v) is 3.18. The summed E-state index contributed by atoms with van der Waals surface area (Å²) in [5, 5.41) is 6.92. The van der Waals surface area contributed by atoms with E-state index in [0.717, 1.165) is 13.1 Å². The molecule has 0 radical (unpaired) electrons. The summed E-state index contributed by atoms with van der Waals surface area (Å²) in [7, 11) is 0. The lowest BCUT2D eigenvalue weighted by Gasteiger charge is -2.20. The summed E-state index contributed by atoms with van der Waals surface area (Å²) in [6.45, 7) is 8.96. The third-order valence-electron chi connectivity index (χ3n) is 3.18. The standard InChI is InChI=1S/C14H22N2/c1-14(2,3)11-4-6-12(7-5-11)16-13-8-9-15-10-13/h4-7,13,15-16H,8-10H2,1-3H3. The first-order chi connectivity index (χ1) is 7.55. The van der Waals surface area contributed by atoms with Crippen LogP contribution < -0.4 is 10.6 Å². The number of anilines is 1. The molecular formula is C14H22N2. The Kier molecular flexibility index (Phi) is 3.20. The quantitative estimate of drug-likeness (QED) is 0.797. The van der Waals surface area contributed by atoms with Crippen molar-refractivity contribution in [2.45, 2.75) is 38.6 Å². The van der Waals surface area contributed by atoms with Crippen LogP contribution in [0.3, 0.4) is 0 Å². The van der Waals surface area contributed by atoms with Gasteiger partial charge in [0.15, 0.2) is 0 Å². The molecule has 0 bridgehead atoms. The van der Waals surface area contributed by atoms with Gasteiger partial charge in [-0.15, -0.1) is 0 Å². The summed E-state index contributed by atoms with van der Waals surface area (Å²) in [6.07, 6.45) is 1.22. The molecule has 16 heavy (non-hydrogen) atoms. The molecule has 2 heteroatoms. The second-order valence-corrected chi connectivity index (χ2v) is 5.66. The lowest BCUT2D eigenvalue weighted by atomic mass is 9.87. The SMILES string of the molecule is CC(C)(C)c1ccc(NC2CCNC2)cc1. The maximum absolute atomic E-state index is 3.56. The topological polar surface area (TPSA) is 24.1 Å². The van der Waals surface area contributed by atoms with Crippen molar-refractivity contribution in [2.75, 3.05) is 18.4 Å². The Hall–Kier alpha value is -1.02. The predicted octanol–water partition coefficient (Wildman–Crippen LogP) is 2.76. The molecule has 0 amide bonds. The van der Waals surface area contributed by atoms with Crippen LogP contribution in [0.15, 0.2) is 24.3 Å². The summed E-state index contributed by atoms with van der Waals surface area (Å²) in [5.41, 5.74) is 2.87. The molecule has 2 nitrogen and oxygen atoms in total. The van der Waals surface area contributed by atoms with Crippen molar-refractivity contribution in [1.82, 2.24) is 5.32 Å². The second kappa shape index (κ2) is 4.46. The molecule has 0 saturated carbocycles. The van der Waals surface area contributed by atoms with Crippen molar-refractivity contribution in [3.8, 4) is 0 Å². The highest BCUT2D eigenvalue weighted by molar-refractivity contribution is 5.46. The number of rotatable bonds is 2. The van der Waals surface area contributed by atoms with E-state index in [4.69, 9.17) is 0 Å². The first-order valence-electron chi connectivity index (χ1n) is 6.13. The summed E-state index contributed by atoms with van der Waals surface area (Å²) in [4.78, 5) is 0. The van der Waals surface area contributed by atoms with Crippen LogP contribution in [0.2, 0.25) is 0 Å². The van der Waals surface area contributed by atoms with Crippen molar-refractivity contribution in [2.24, 2.45) is 0 Å². The van der Waals surface area contributed by atoms with Gasteiger partial charge in [-0.05, 0) is 36.1 Å². The van der Waals surface area contributed by atoms with Gasteiger partial charge in [0.05, 0.1) is 0 Å². The molecule has 1 unspecified atom stereocenters. The zero-order valence-electron chi connectivity index (χ0n) is 10.5. The van der Waals surface area contributed by atoms with E-state index in [1.54, 1.807) is 0 Å². The molecule has 1 aliphatic heterocycles. The minimum absolute atomic E-state index is 0.243. The third kappa shape index (κ3) is 2.76. The number of hydrogen-bond donors (Lipinski definition) is 2. The molecule has 0 aliphatic carbocycles. The Balaban J connectivity index is 2.01. The monoisotopic (exact) mass is 218 g/mol. The van der Waals surface area contributed by atoms with Crippen LogP contribution in [0.4, 0.5) is 5.69 Å². The Bertz CT molecular complexity index is 329. The normalized spacial score (nSPS) is 21.1.